The minimum Gasteiger partial charge on any atom is -0.265 e. The van der Waals surface area contributed by atoms with Gasteiger partial charge in [-0.05, 0) is 18.1 Å². The van der Waals surface area contributed by atoms with Crippen molar-refractivity contribution in [1.29, 1.82) is 0 Å². The van der Waals surface area contributed by atoms with Crippen molar-refractivity contribution >= 4 is 11.3 Å². The molecule has 14 heavy (non-hydrogen) atoms. The molecule has 2 nitrogen and oxygen atoms in total. The van der Waals surface area contributed by atoms with E-state index in [-0.39, 0.29) is 0 Å². The van der Waals surface area contributed by atoms with Gasteiger partial charge in [0.2, 0.25) is 0 Å². The molecule has 0 aromatic carbocycles. The number of hydrogen-bond donors (Lipinski definition) is 0. The standard InChI is InChI=1S/C11H12N2S/c1-8(2)10-7-13-11(14-10)9-3-5-12-6-4-9/h3-8H,1-2H3. The highest BCUT2D eigenvalue weighted by molar-refractivity contribution is 7.15. The maximum atomic E-state index is 4.40. The summed E-state index contributed by atoms with van der Waals surface area (Å²) in [6, 6.07) is 3.98. The van der Waals surface area contributed by atoms with Crippen LogP contribution in [-0.4, -0.2) is 9.97 Å². The van der Waals surface area contributed by atoms with Gasteiger partial charge in [-0.25, -0.2) is 4.98 Å². The molecule has 0 saturated carbocycles. The van der Waals surface area contributed by atoms with E-state index in [1.54, 1.807) is 23.7 Å². The first kappa shape index (κ1) is 9.34. The molecular formula is C11H12N2S. The fourth-order valence-electron chi connectivity index (χ4n) is 1.18. The van der Waals surface area contributed by atoms with Crippen LogP contribution in [0.5, 0.6) is 0 Å². The molecule has 2 rings (SSSR count). The Hall–Kier alpha value is -1.22. The molecule has 0 N–H and O–H groups in total. The van der Waals surface area contributed by atoms with Gasteiger partial charge >= 0.3 is 0 Å². The minimum atomic E-state index is 0.558. The highest BCUT2D eigenvalue weighted by atomic mass is 32.1. The number of pyridine rings is 1. The lowest BCUT2D eigenvalue weighted by atomic mass is 10.2. The summed E-state index contributed by atoms with van der Waals surface area (Å²) in [5.41, 5.74) is 1.15. The third-order valence-electron chi connectivity index (χ3n) is 2.02. The monoisotopic (exact) mass is 204 g/mol. The predicted molar refractivity (Wildman–Crippen MR) is 59.4 cm³/mol. The summed E-state index contributed by atoms with van der Waals surface area (Å²) in [4.78, 5) is 9.72. The van der Waals surface area contributed by atoms with Gasteiger partial charge in [-0.1, -0.05) is 13.8 Å². The highest BCUT2D eigenvalue weighted by Gasteiger charge is 2.06. The zero-order valence-corrected chi connectivity index (χ0v) is 9.08. The summed E-state index contributed by atoms with van der Waals surface area (Å²) >= 11 is 1.76. The Morgan fingerprint density at radius 2 is 1.93 bits per heavy atom. The maximum Gasteiger partial charge on any atom is 0.123 e. The van der Waals surface area contributed by atoms with Crippen LogP contribution < -0.4 is 0 Å². The second kappa shape index (κ2) is 3.88. The van der Waals surface area contributed by atoms with E-state index in [0.29, 0.717) is 5.92 Å². The van der Waals surface area contributed by atoms with Gasteiger partial charge in [0.05, 0.1) is 0 Å². The molecule has 0 spiro atoms. The van der Waals surface area contributed by atoms with Crippen LogP contribution >= 0.6 is 11.3 Å². The normalized spacial score (nSPS) is 10.8. The molecule has 0 saturated heterocycles. The number of nitrogens with zero attached hydrogens (tertiary/aromatic N) is 2. The van der Waals surface area contributed by atoms with Crippen molar-refractivity contribution in [3.8, 4) is 10.6 Å². The quantitative estimate of drug-likeness (QED) is 0.750. The molecule has 0 aliphatic carbocycles. The first-order chi connectivity index (χ1) is 6.77. The summed E-state index contributed by atoms with van der Waals surface area (Å²) < 4.78 is 0. The summed E-state index contributed by atoms with van der Waals surface area (Å²) in [6.45, 7) is 4.37. The van der Waals surface area contributed by atoms with Crippen molar-refractivity contribution in [2.75, 3.05) is 0 Å². The minimum absolute atomic E-state index is 0.558. The Balaban J connectivity index is 2.34. The van der Waals surface area contributed by atoms with Crippen LogP contribution in [0.2, 0.25) is 0 Å². The van der Waals surface area contributed by atoms with E-state index in [1.165, 1.54) is 4.88 Å². The average Bonchev–Trinajstić information content (AvgIpc) is 2.68. The first-order valence-electron chi connectivity index (χ1n) is 4.63. The van der Waals surface area contributed by atoms with Gasteiger partial charge < -0.3 is 0 Å². The summed E-state index contributed by atoms with van der Waals surface area (Å²) in [5, 5.41) is 1.08. The second-order valence-corrected chi connectivity index (χ2v) is 4.52. The van der Waals surface area contributed by atoms with Gasteiger partial charge in [0.25, 0.3) is 0 Å². The Bertz CT molecular complexity index is 406. The molecule has 0 radical (unpaired) electrons. The van der Waals surface area contributed by atoms with Gasteiger partial charge in [-0.15, -0.1) is 11.3 Å². The Morgan fingerprint density at radius 1 is 1.21 bits per heavy atom. The number of rotatable bonds is 2. The van der Waals surface area contributed by atoms with E-state index in [2.05, 4.69) is 23.8 Å². The van der Waals surface area contributed by atoms with E-state index in [9.17, 15) is 0 Å². The van der Waals surface area contributed by atoms with Crippen molar-refractivity contribution in [1.82, 2.24) is 9.97 Å². The van der Waals surface area contributed by atoms with Crippen molar-refractivity contribution in [2.45, 2.75) is 19.8 Å². The van der Waals surface area contributed by atoms with Crippen LogP contribution in [0, 0.1) is 0 Å². The molecule has 0 aliphatic rings. The van der Waals surface area contributed by atoms with E-state index >= 15 is 0 Å². The Labute approximate surface area is 87.7 Å². The molecule has 0 bridgehead atoms. The second-order valence-electron chi connectivity index (χ2n) is 3.46. The van der Waals surface area contributed by atoms with Crippen LogP contribution in [0.3, 0.4) is 0 Å². The lowest BCUT2D eigenvalue weighted by molar-refractivity contribution is 0.885. The van der Waals surface area contributed by atoms with Gasteiger partial charge in [-0.2, -0.15) is 0 Å². The van der Waals surface area contributed by atoms with Crippen molar-refractivity contribution < 1.29 is 0 Å². The van der Waals surface area contributed by atoms with Crippen LogP contribution in [0.15, 0.2) is 30.7 Å². The smallest absolute Gasteiger partial charge is 0.123 e. The fourth-order valence-corrected chi connectivity index (χ4v) is 2.11. The summed E-state index contributed by atoms with van der Waals surface area (Å²) in [6.07, 6.45) is 5.56. The molecular weight excluding hydrogens is 192 g/mol. The Kier molecular flexibility index (Phi) is 2.59. The number of aromatic nitrogens is 2. The maximum absolute atomic E-state index is 4.40. The molecule has 3 heteroatoms. The predicted octanol–water partition coefficient (Wildman–Crippen LogP) is 3.33. The number of thiazole rings is 1. The molecule has 0 atom stereocenters. The van der Waals surface area contributed by atoms with Gasteiger partial charge in [0.15, 0.2) is 0 Å². The zero-order chi connectivity index (χ0) is 9.97. The molecule has 2 aromatic rings. The molecule has 0 fully saturated rings. The lowest BCUT2D eigenvalue weighted by Gasteiger charge is -1.96. The third-order valence-corrected chi connectivity index (χ3v) is 3.37. The van der Waals surface area contributed by atoms with Gasteiger partial charge in [-0.3, -0.25) is 4.98 Å². The van der Waals surface area contributed by atoms with E-state index in [1.807, 2.05) is 18.3 Å². The molecule has 2 aromatic heterocycles. The average molecular weight is 204 g/mol. The SMILES string of the molecule is CC(C)c1cnc(-c2ccncc2)s1. The zero-order valence-electron chi connectivity index (χ0n) is 8.27. The van der Waals surface area contributed by atoms with Crippen molar-refractivity contribution in [2.24, 2.45) is 0 Å². The lowest BCUT2D eigenvalue weighted by Crippen LogP contribution is -1.77. The van der Waals surface area contributed by atoms with E-state index < -0.39 is 0 Å². The molecule has 0 amide bonds. The third kappa shape index (κ3) is 1.82. The van der Waals surface area contributed by atoms with Crippen molar-refractivity contribution in [3.63, 3.8) is 0 Å². The van der Waals surface area contributed by atoms with E-state index in [0.717, 1.165) is 10.6 Å². The Morgan fingerprint density at radius 3 is 2.50 bits per heavy atom. The molecule has 0 unspecified atom stereocenters. The van der Waals surface area contributed by atoms with Crippen LogP contribution in [0.1, 0.15) is 24.6 Å². The van der Waals surface area contributed by atoms with Crippen LogP contribution in [0.25, 0.3) is 10.6 Å². The topological polar surface area (TPSA) is 25.8 Å². The van der Waals surface area contributed by atoms with E-state index in [4.69, 9.17) is 0 Å². The largest absolute Gasteiger partial charge is 0.265 e. The molecule has 72 valence electrons. The van der Waals surface area contributed by atoms with Gasteiger partial charge in [0.1, 0.15) is 5.01 Å². The summed E-state index contributed by atoms with van der Waals surface area (Å²) in [7, 11) is 0. The fraction of sp³-hybridized carbons (Fsp3) is 0.273. The highest BCUT2D eigenvalue weighted by Crippen LogP contribution is 2.28. The van der Waals surface area contributed by atoms with Crippen LogP contribution in [-0.2, 0) is 0 Å². The molecule has 0 aliphatic heterocycles. The number of hydrogen-bond acceptors (Lipinski definition) is 3. The van der Waals surface area contributed by atoms with Crippen molar-refractivity contribution in [3.05, 3.63) is 35.6 Å². The molecule has 2 heterocycles. The van der Waals surface area contributed by atoms with Gasteiger partial charge in [0, 0.05) is 29.0 Å². The van der Waals surface area contributed by atoms with Crippen LogP contribution in [0.4, 0.5) is 0 Å². The first-order valence-corrected chi connectivity index (χ1v) is 5.45. The summed E-state index contributed by atoms with van der Waals surface area (Å²) in [5.74, 6) is 0.558.